The number of hydrogen-bond donors (Lipinski definition) is 2. The van der Waals surface area contributed by atoms with Crippen LogP contribution in [0.15, 0.2) is 0 Å². The lowest BCUT2D eigenvalue weighted by Gasteiger charge is -2.05. The maximum atomic E-state index is 9.19. The maximum Gasteiger partial charge on any atom is 0.261 e. The first-order chi connectivity index (χ1) is 6.31. The summed E-state index contributed by atoms with van der Waals surface area (Å²) in [6, 6.07) is 0.455. The Hall–Kier alpha value is -0.130. The highest BCUT2D eigenvalue weighted by molar-refractivity contribution is 7.85. The number of hydrogen-bond acceptors (Lipinski definition) is 3. The normalized spacial score (nSPS) is 12.9. The van der Waals surface area contributed by atoms with Crippen LogP contribution in [0.2, 0.25) is 0 Å². The molecule has 0 saturated heterocycles. The minimum Gasteiger partial charge on any atom is -0.328 e. The van der Waals surface area contributed by atoms with Crippen molar-refractivity contribution >= 4 is 10.1 Å². The number of unbranched alkanes of at least 4 members (excludes halogenated alkanes) is 2. The van der Waals surface area contributed by atoms with E-state index in [1.165, 1.54) is 25.7 Å². The van der Waals surface area contributed by atoms with Crippen LogP contribution >= 0.6 is 0 Å². The van der Waals surface area contributed by atoms with Crippen LogP contribution in [-0.4, -0.2) is 25.3 Å². The van der Waals surface area contributed by atoms with Gasteiger partial charge in [0.15, 0.2) is 0 Å². The molecular weight excluding hydrogens is 202 g/mol. The zero-order valence-electron chi connectivity index (χ0n) is 9.36. The van der Waals surface area contributed by atoms with Gasteiger partial charge in [0, 0.05) is 6.04 Å². The van der Waals surface area contributed by atoms with Crippen molar-refractivity contribution < 1.29 is 13.0 Å². The van der Waals surface area contributed by atoms with Gasteiger partial charge in [0.2, 0.25) is 0 Å². The first-order valence-corrected chi connectivity index (χ1v) is 6.84. The Labute approximate surface area is 87.6 Å². The predicted molar refractivity (Wildman–Crippen MR) is 59.9 cm³/mol. The molecule has 88 valence electrons. The molecule has 5 heteroatoms. The van der Waals surface area contributed by atoms with Crippen molar-refractivity contribution in [2.75, 3.05) is 6.26 Å². The zero-order chi connectivity index (χ0) is 11.6. The van der Waals surface area contributed by atoms with Crippen molar-refractivity contribution in [2.45, 2.75) is 52.0 Å². The second-order valence-corrected chi connectivity index (χ2v) is 4.86. The van der Waals surface area contributed by atoms with Gasteiger partial charge in [-0.05, 0) is 12.8 Å². The van der Waals surface area contributed by atoms with Gasteiger partial charge in [0.25, 0.3) is 10.1 Å². The molecule has 0 saturated carbocycles. The molecule has 0 fully saturated rings. The molecule has 0 aromatic rings. The molecule has 0 aliphatic heterocycles. The largest absolute Gasteiger partial charge is 0.328 e. The molecule has 1 unspecified atom stereocenters. The molecule has 0 aromatic carbocycles. The number of rotatable bonds is 5. The molecule has 0 radical (unpaired) electrons. The molecule has 4 nitrogen and oxygen atoms in total. The summed E-state index contributed by atoms with van der Waals surface area (Å²) in [7, 11) is -3.67. The van der Waals surface area contributed by atoms with Crippen molar-refractivity contribution in [3.63, 3.8) is 0 Å². The van der Waals surface area contributed by atoms with E-state index in [2.05, 4.69) is 13.8 Å². The third-order valence-corrected chi connectivity index (χ3v) is 1.70. The molecular formula is C9H23NO3S. The molecule has 14 heavy (non-hydrogen) atoms. The molecule has 3 N–H and O–H groups in total. The molecule has 1 atom stereocenters. The third-order valence-electron chi connectivity index (χ3n) is 1.70. The van der Waals surface area contributed by atoms with E-state index in [9.17, 15) is 8.42 Å². The van der Waals surface area contributed by atoms with Crippen LogP contribution in [0, 0.1) is 0 Å². The highest BCUT2D eigenvalue weighted by atomic mass is 32.2. The molecule has 0 aliphatic rings. The van der Waals surface area contributed by atoms with E-state index in [-0.39, 0.29) is 0 Å². The quantitative estimate of drug-likeness (QED) is 0.552. The fraction of sp³-hybridized carbons (Fsp3) is 1.00. The Morgan fingerprint density at radius 2 is 1.71 bits per heavy atom. The SMILES string of the molecule is CCCCCC(N)CC.CS(=O)(=O)O. The van der Waals surface area contributed by atoms with Gasteiger partial charge in [-0.2, -0.15) is 8.42 Å². The highest BCUT2D eigenvalue weighted by Gasteiger charge is 1.95. The van der Waals surface area contributed by atoms with Crippen LogP contribution in [-0.2, 0) is 10.1 Å². The van der Waals surface area contributed by atoms with E-state index in [0.717, 1.165) is 6.42 Å². The summed E-state index contributed by atoms with van der Waals surface area (Å²) in [5.74, 6) is 0. The van der Waals surface area contributed by atoms with Crippen molar-refractivity contribution in [3.05, 3.63) is 0 Å². The van der Waals surface area contributed by atoms with Gasteiger partial charge in [-0.15, -0.1) is 0 Å². The molecule has 0 amide bonds. The van der Waals surface area contributed by atoms with E-state index >= 15 is 0 Å². The molecule has 0 aromatic heterocycles. The lowest BCUT2D eigenvalue weighted by Crippen LogP contribution is -2.17. The van der Waals surface area contributed by atoms with E-state index < -0.39 is 10.1 Å². The Kier molecular flexibility index (Phi) is 11.0. The van der Waals surface area contributed by atoms with E-state index in [0.29, 0.717) is 12.3 Å². The molecule has 0 spiro atoms. The van der Waals surface area contributed by atoms with Gasteiger partial charge in [-0.3, -0.25) is 4.55 Å². The van der Waals surface area contributed by atoms with E-state index in [1.54, 1.807) is 0 Å². The summed E-state index contributed by atoms with van der Waals surface area (Å²) in [5, 5.41) is 0. The lowest BCUT2D eigenvalue weighted by molar-refractivity contribution is 0.490. The third kappa shape index (κ3) is 29.7. The van der Waals surface area contributed by atoms with Gasteiger partial charge in [-0.25, -0.2) is 0 Å². The van der Waals surface area contributed by atoms with Crippen LogP contribution in [0.25, 0.3) is 0 Å². The van der Waals surface area contributed by atoms with Crippen molar-refractivity contribution in [3.8, 4) is 0 Å². The zero-order valence-corrected chi connectivity index (χ0v) is 10.2. The molecule has 0 bridgehead atoms. The summed E-state index contributed by atoms with van der Waals surface area (Å²) in [6.07, 6.45) is 7.01. The second-order valence-electron chi connectivity index (χ2n) is 3.40. The van der Waals surface area contributed by atoms with Crippen molar-refractivity contribution in [1.82, 2.24) is 0 Å². The van der Waals surface area contributed by atoms with Gasteiger partial charge in [-0.1, -0.05) is 33.1 Å². The minimum atomic E-state index is -3.67. The van der Waals surface area contributed by atoms with Gasteiger partial charge in [0.05, 0.1) is 6.26 Å². The van der Waals surface area contributed by atoms with Gasteiger partial charge < -0.3 is 5.73 Å². The second kappa shape index (κ2) is 9.43. The Morgan fingerprint density at radius 1 is 1.29 bits per heavy atom. The average Bonchev–Trinajstić information content (AvgIpc) is 2.01. The fourth-order valence-corrected chi connectivity index (χ4v) is 0.861. The molecule has 0 aliphatic carbocycles. The molecule has 0 rings (SSSR count). The van der Waals surface area contributed by atoms with Crippen LogP contribution in [0.1, 0.15) is 46.0 Å². The summed E-state index contributed by atoms with van der Waals surface area (Å²) in [4.78, 5) is 0. The fourth-order valence-electron chi connectivity index (χ4n) is 0.861. The van der Waals surface area contributed by atoms with Crippen LogP contribution < -0.4 is 5.73 Å². The molecule has 0 heterocycles. The highest BCUT2D eigenvalue weighted by Crippen LogP contribution is 2.03. The maximum absolute atomic E-state index is 9.19. The summed E-state index contributed by atoms with van der Waals surface area (Å²) < 4.78 is 25.9. The smallest absolute Gasteiger partial charge is 0.261 e. The Balaban J connectivity index is 0. The van der Waals surface area contributed by atoms with Gasteiger partial charge >= 0.3 is 0 Å². The topological polar surface area (TPSA) is 80.4 Å². The van der Waals surface area contributed by atoms with Crippen LogP contribution in [0.5, 0.6) is 0 Å². The predicted octanol–water partition coefficient (Wildman–Crippen LogP) is 1.81. The van der Waals surface area contributed by atoms with E-state index in [4.69, 9.17) is 10.3 Å². The lowest BCUT2D eigenvalue weighted by atomic mass is 10.1. The summed E-state index contributed by atoms with van der Waals surface area (Å²) in [6.45, 7) is 4.37. The van der Waals surface area contributed by atoms with Crippen LogP contribution in [0.4, 0.5) is 0 Å². The standard InChI is InChI=1S/C8H19N.CH4O3S/c1-3-5-6-7-8(9)4-2;1-5(2,3)4/h8H,3-7,9H2,1-2H3;1H3,(H,2,3,4). The van der Waals surface area contributed by atoms with Crippen LogP contribution in [0.3, 0.4) is 0 Å². The van der Waals surface area contributed by atoms with E-state index in [1.807, 2.05) is 0 Å². The average molecular weight is 225 g/mol. The Morgan fingerprint density at radius 3 is 2.00 bits per heavy atom. The summed E-state index contributed by atoms with van der Waals surface area (Å²) in [5.41, 5.74) is 5.71. The minimum absolute atomic E-state index is 0.455. The summed E-state index contributed by atoms with van der Waals surface area (Å²) >= 11 is 0. The number of nitrogens with two attached hydrogens (primary N) is 1. The van der Waals surface area contributed by atoms with Gasteiger partial charge in [0.1, 0.15) is 0 Å². The van der Waals surface area contributed by atoms with Crippen molar-refractivity contribution in [2.24, 2.45) is 5.73 Å². The first-order valence-electron chi connectivity index (χ1n) is 4.99. The van der Waals surface area contributed by atoms with Crippen molar-refractivity contribution in [1.29, 1.82) is 0 Å². The Bertz CT molecular complexity index is 194. The first kappa shape index (κ1) is 16.3. The monoisotopic (exact) mass is 225 g/mol.